The average Bonchev–Trinajstić information content (AvgIpc) is 2.58. The highest BCUT2D eigenvalue weighted by molar-refractivity contribution is 5.73. The predicted octanol–water partition coefficient (Wildman–Crippen LogP) is 1.12. The van der Waals surface area contributed by atoms with Crippen LogP contribution in [0.4, 0.5) is 8.78 Å². The van der Waals surface area contributed by atoms with Crippen molar-refractivity contribution in [2.75, 3.05) is 6.61 Å². The van der Waals surface area contributed by atoms with E-state index in [1.54, 1.807) is 24.3 Å². The minimum Gasteiger partial charge on any atom is -0.389 e. The van der Waals surface area contributed by atoms with Crippen LogP contribution in [-0.4, -0.2) is 28.2 Å². The van der Waals surface area contributed by atoms with Crippen molar-refractivity contribution in [1.82, 2.24) is 15.2 Å². The Morgan fingerprint density at radius 2 is 2.14 bits per heavy atom. The molecule has 74 valence electrons. The van der Waals surface area contributed by atoms with Gasteiger partial charge in [0, 0.05) is 0 Å². The van der Waals surface area contributed by atoms with Gasteiger partial charge < -0.3 is 4.84 Å². The van der Waals surface area contributed by atoms with Crippen LogP contribution < -0.4 is 4.84 Å². The molecule has 0 saturated carbocycles. The summed E-state index contributed by atoms with van der Waals surface area (Å²) in [4.78, 5) is 5.72. The first-order chi connectivity index (χ1) is 6.77. The van der Waals surface area contributed by atoms with Crippen LogP contribution in [0.3, 0.4) is 0 Å². The topological polar surface area (TPSA) is 39.9 Å². The third kappa shape index (κ3) is 1.63. The van der Waals surface area contributed by atoms with E-state index in [0.29, 0.717) is 11.0 Å². The van der Waals surface area contributed by atoms with Crippen molar-refractivity contribution in [3.05, 3.63) is 24.3 Å². The molecule has 2 aromatic rings. The number of fused-ring (bicyclic) bond motifs is 1. The fourth-order valence-corrected chi connectivity index (χ4v) is 1.07. The summed E-state index contributed by atoms with van der Waals surface area (Å²) in [6.45, 7) is -0.687. The normalized spacial score (nSPS) is 11.1. The zero-order chi connectivity index (χ0) is 9.97. The summed E-state index contributed by atoms with van der Waals surface area (Å²) in [5.41, 5.74) is 1.19. The van der Waals surface area contributed by atoms with Crippen molar-refractivity contribution in [1.29, 1.82) is 0 Å². The molecule has 0 spiro atoms. The molecule has 4 nitrogen and oxygen atoms in total. The first kappa shape index (κ1) is 8.86. The molecule has 1 aromatic heterocycles. The highest BCUT2D eigenvalue weighted by Crippen LogP contribution is 2.08. The number of para-hydroxylation sites is 1. The number of aromatic nitrogens is 3. The average molecular weight is 199 g/mol. The highest BCUT2D eigenvalue weighted by atomic mass is 19.3. The van der Waals surface area contributed by atoms with Crippen molar-refractivity contribution >= 4 is 11.0 Å². The van der Waals surface area contributed by atoms with E-state index in [-0.39, 0.29) is 0 Å². The predicted molar refractivity (Wildman–Crippen MR) is 45.0 cm³/mol. The molecule has 14 heavy (non-hydrogen) atoms. The molecule has 0 aliphatic heterocycles. The summed E-state index contributed by atoms with van der Waals surface area (Å²) in [6.07, 6.45) is -2.52. The number of halogens is 2. The second kappa shape index (κ2) is 3.57. The molecule has 6 heteroatoms. The fourth-order valence-electron chi connectivity index (χ4n) is 1.07. The van der Waals surface area contributed by atoms with Crippen molar-refractivity contribution < 1.29 is 13.6 Å². The van der Waals surface area contributed by atoms with E-state index in [0.717, 1.165) is 4.85 Å². The molecule has 0 bridgehead atoms. The fraction of sp³-hybridized carbons (Fsp3) is 0.250. The lowest BCUT2D eigenvalue weighted by Crippen LogP contribution is -2.19. The van der Waals surface area contributed by atoms with Crippen LogP contribution in [0.25, 0.3) is 11.0 Å². The van der Waals surface area contributed by atoms with E-state index < -0.39 is 13.0 Å². The number of rotatable bonds is 3. The Morgan fingerprint density at radius 1 is 1.36 bits per heavy atom. The molecule has 0 aliphatic carbocycles. The van der Waals surface area contributed by atoms with Crippen molar-refractivity contribution in [3.8, 4) is 0 Å². The van der Waals surface area contributed by atoms with Gasteiger partial charge in [-0.15, -0.1) is 5.10 Å². The smallest absolute Gasteiger partial charge is 0.274 e. The minimum atomic E-state index is -2.52. The van der Waals surface area contributed by atoms with Gasteiger partial charge in [-0.05, 0) is 17.3 Å². The Hall–Kier alpha value is -1.72. The van der Waals surface area contributed by atoms with Gasteiger partial charge in [-0.25, -0.2) is 8.78 Å². The highest BCUT2D eigenvalue weighted by Gasteiger charge is 2.07. The van der Waals surface area contributed by atoms with Gasteiger partial charge in [-0.1, -0.05) is 17.0 Å². The molecule has 1 heterocycles. The Bertz CT molecular complexity index is 429. The van der Waals surface area contributed by atoms with Crippen LogP contribution in [0.2, 0.25) is 0 Å². The number of hydrogen-bond donors (Lipinski definition) is 0. The van der Waals surface area contributed by atoms with Crippen LogP contribution in [0.5, 0.6) is 0 Å². The summed E-state index contributed by atoms with van der Waals surface area (Å²) >= 11 is 0. The second-order valence-corrected chi connectivity index (χ2v) is 2.64. The first-order valence-corrected chi connectivity index (χ1v) is 3.99. The van der Waals surface area contributed by atoms with Crippen LogP contribution in [0.15, 0.2) is 24.3 Å². The minimum absolute atomic E-state index is 0.577. The molecule has 0 unspecified atom stereocenters. The zero-order valence-corrected chi connectivity index (χ0v) is 7.10. The van der Waals surface area contributed by atoms with E-state index >= 15 is 0 Å². The van der Waals surface area contributed by atoms with Gasteiger partial charge in [-0.2, -0.15) is 0 Å². The van der Waals surface area contributed by atoms with E-state index in [1.807, 2.05) is 0 Å². The standard InChI is InChI=1S/C8H7F2N3O/c9-8(10)5-14-13-7-4-2-1-3-6(7)11-12-13/h1-4,8H,5H2. The molecule has 0 N–H and O–H groups in total. The van der Waals surface area contributed by atoms with E-state index in [9.17, 15) is 8.78 Å². The van der Waals surface area contributed by atoms with Gasteiger partial charge in [0.15, 0.2) is 6.61 Å². The lowest BCUT2D eigenvalue weighted by Gasteiger charge is -2.03. The molecule has 1 aromatic carbocycles. The van der Waals surface area contributed by atoms with Crippen molar-refractivity contribution in [3.63, 3.8) is 0 Å². The van der Waals surface area contributed by atoms with Crippen molar-refractivity contribution in [2.24, 2.45) is 0 Å². The Balaban J connectivity index is 2.25. The van der Waals surface area contributed by atoms with Crippen LogP contribution >= 0.6 is 0 Å². The quantitative estimate of drug-likeness (QED) is 0.743. The van der Waals surface area contributed by atoms with Crippen LogP contribution in [0.1, 0.15) is 0 Å². The number of alkyl halides is 2. The molecule has 0 aliphatic rings. The number of nitrogens with zero attached hydrogens (tertiary/aromatic N) is 3. The van der Waals surface area contributed by atoms with Crippen LogP contribution in [-0.2, 0) is 0 Å². The summed E-state index contributed by atoms with van der Waals surface area (Å²) in [5.74, 6) is 0. The van der Waals surface area contributed by atoms with Gasteiger partial charge in [0.05, 0.1) is 0 Å². The maximum atomic E-state index is 11.8. The van der Waals surface area contributed by atoms with Gasteiger partial charge in [0.1, 0.15) is 11.0 Å². The monoisotopic (exact) mass is 199 g/mol. The molecular weight excluding hydrogens is 192 g/mol. The van der Waals surface area contributed by atoms with E-state index in [1.165, 1.54) is 0 Å². The van der Waals surface area contributed by atoms with Gasteiger partial charge in [0.25, 0.3) is 6.43 Å². The molecule has 0 fully saturated rings. The van der Waals surface area contributed by atoms with E-state index in [4.69, 9.17) is 4.84 Å². The maximum absolute atomic E-state index is 11.8. The molecule has 0 saturated heterocycles. The summed E-state index contributed by atoms with van der Waals surface area (Å²) < 4.78 is 23.7. The van der Waals surface area contributed by atoms with Crippen LogP contribution in [0, 0.1) is 0 Å². The van der Waals surface area contributed by atoms with Crippen molar-refractivity contribution in [2.45, 2.75) is 6.43 Å². The summed E-state index contributed by atoms with van der Waals surface area (Å²) in [6, 6.07) is 6.97. The summed E-state index contributed by atoms with van der Waals surface area (Å²) in [5, 5.41) is 7.32. The lowest BCUT2D eigenvalue weighted by molar-refractivity contribution is -0.00181. The second-order valence-electron chi connectivity index (χ2n) is 2.64. The van der Waals surface area contributed by atoms with Gasteiger partial charge >= 0.3 is 0 Å². The largest absolute Gasteiger partial charge is 0.389 e. The third-order valence-electron chi connectivity index (χ3n) is 1.64. The zero-order valence-electron chi connectivity index (χ0n) is 7.10. The van der Waals surface area contributed by atoms with Gasteiger partial charge in [-0.3, -0.25) is 0 Å². The first-order valence-electron chi connectivity index (χ1n) is 3.99. The Morgan fingerprint density at radius 3 is 2.93 bits per heavy atom. The molecule has 2 rings (SSSR count). The number of benzene rings is 1. The SMILES string of the molecule is FC(F)COn1nnc2ccccc21. The molecule has 0 radical (unpaired) electrons. The van der Waals surface area contributed by atoms with E-state index in [2.05, 4.69) is 10.3 Å². The molecule has 0 atom stereocenters. The Labute approximate surface area is 78.0 Å². The third-order valence-corrected chi connectivity index (χ3v) is 1.64. The Kier molecular flexibility index (Phi) is 2.26. The molecule has 0 amide bonds. The lowest BCUT2D eigenvalue weighted by atomic mass is 10.3. The maximum Gasteiger partial charge on any atom is 0.274 e. The summed E-state index contributed by atoms with van der Waals surface area (Å²) in [7, 11) is 0. The number of hydrogen-bond acceptors (Lipinski definition) is 3. The van der Waals surface area contributed by atoms with Gasteiger partial charge in [0.2, 0.25) is 0 Å². The molecular formula is C8H7F2N3O.